The van der Waals surface area contributed by atoms with Crippen LogP contribution in [0.5, 0.6) is 0 Å². The Morgan fingerprint density at radius 2 is 2.18 bits per heavy atom. The van der Waals surface area contributed by atoms with E-state index in [9.17, 15) is 10.1 Å². The van der Waals surface area contributed by atoms with Gasteiger partial charge in [0.1, 0.15) is 11.3 Å². The van der Waals surface area contributed by atoms with Crippen molar-refractivity contribution in [1.29, 1.82) is 5.26 Å². The Morgan fingerprint density at radius 1 is 1.26 bits per heavy atom. The first-order valence-electron chi connectivity index (χ1n) is 11.6. The number of pyridine rings is 2. The van der Waals surface area contributed by atoms with Gasteiger partial charge in [-0.05, 0) is 50.1 Å². The van der Waals surface area contributed by atoms with Gasteiger partial charge in [0.05, 0.1) is 41.4 Å². The normalized spacial score (nSPS) is 18.1. The van der Waals surface area contributed by atoms with E-state index in [-0.39, 0.29) is 24.5 Å². The maximum Gasteiger partial charge on any atom is 0.227 e. The number of rotatable bonds is 6. The summed E-state index contributed by atoms with van der Waals surface area (Å²) in [5.41, 5.74) is 3.98. The average Bonchev–Trinajstić information content (AvgIpc) is 3.22. The molecule has 2 atom stereocenters. The zero-order chi connectivity index (χ0) is 23.5. The van der Waals surface area contributed by atoms with Crippen LogP contribution in [0.3, 0.4) is 0 Å². The summed E-state index contributed by atoms with van der Waals surface area (Å²) < 4.78 is 7.98. The van der Waals surface area contributed by atoms with Gasteiger partial charge in [-0.2, -0.15) is 5.26 Å². The lowest BCUT2D eigenvalue weighted by atomic mass is 10.0. The van der Waals surface area contributed by atoms with Gasteiger partial charge < -0.3 is 14.6 Å². The van der Waals surface area contributed by atoms with Crippen molar-refractivity contribution in [2.45, 2.75) is 44.8 Å². The SMILES string of the molecule is C[C@@H]1C[C@H](n2c(CC(=O)NCCc3ccccn3)nc3cnc4ccc(C#N)cc4c32)CCO1. The molecule has 0 radical (unpaired) electrons. The molecule has 1 fully saturated rings. The molecule has 1 amide bonds. The van der Waals surface area contributed by atoms with Gasteiger partial charge in [0.15, 0.2) is 0 Å². The third-order valence-electron chi connectivity index (χ3n) is 6.29. The first kappa shape index (κ1) is 22.0. The third-order valence-corrected chi connectivity index (χ3v) is 6.29. The van der Waals surface area contributed by atoms with Crippen molar-refractivity contribution in [2.24, 2.45) is 0 Å². The van der Waals surface area contributed by atoms with E-state index in [1.807, 2.05) is 30.3 Å². The van der Waals surface area contributed by atoms with E-state index in [0.717, 1.165) is 40.5 Å². The quantitative estimate of drug-likeness (QED) is 0.478. The maximum atomic E-state index is 12.9. The molecule has 0 unspecified atom stereocenters. The summed E-state index contributed by atoms with van der Waals surface area (Å²) in [5.74, 6) is 0.628. The van der Waals surface area contributed by atoms with Gasteiger partial charge in [-0.15, -0.1) is 0 Å². The van der Waals surface area contributed by atoms with Crippen LogP contribution in [0.4, 0.5) is 0 Å². The molecule has 4 heterocycles. The lowest BCUT2D eigenvalue weighted by Crippen LogP contribution is -2.30. The third kappa shape index (κ3) is 4.47. The van der Waals surface area contributed by atoms with Crippen LogP contribution >= 0.6 is 0 Å². The van der Waals surface area contributed by atoms with E-state index in [2.05, 4.69) is 32.8 Å². The summed E-state index contributed by atoms with van der Waals surface area (Å²) in [5, 5.41) is 13.3. The number of nitrogens with zero attached hydrogens (tertiary/aromatic N) is 5. The zero-order valence-corrected chi connectivity index (χ0v) is 19.1. The molecule has 8 nitrogen and oxygen atoms in total. The van der Waals surface area contributed by atoms with Crippen molar-refractivity contribution in [3.63, 3.8) is 0 Å². The average molecular weight is 455 g/mol. The number of hydrogen-bond donors (Lipinski definition) is 1. The summed E-state index contributed by atoms with van der Waals surface area (Å²) in [6.45, 7) is 3.25. The smallest absolute Gasteiger partial charge is 0.227 e. The van der Waals surface area contributed by atoms with Gasteiger partial charge in [-0.3, -0.25) is 14.8 Å². The molecule has 0 saturated carbocycles. The first-order chi connectivity index (χ1) is 16.6. The molecular formula is C26H26N6O2. The van der Waals surface area contributed by atoms with Crippen molar-refractivity contribution in [1.82, 2.24) is 24.8 Å². The second-order valence-corrected chi connectivity index (χ2v) is 8.69. The van der Waals surface area contributed by atoms with Gasteiger partial charge in [-0.25, -0.2) is 4.98 Å². The number of hydrogen-bond acceptors (Lipinski definition) is 6. The minimum absolute atomic E-state index is 0.0810. The summed E-state index contributed by atoms with van der Waals surface area (Å²) >= 11 is 0. The predicted octanol–water partition coefficient (Wildman–Crippen LogP) is 3.49. The fourth-order valence-corrected chi connectivity index (χ4v) is 4.70. The molecule has 8 heteroatoms. The van der Waals surface area contributed by atoms with Crippen LogP contribution < -0.4 is 5.32 Å². The number of nitriles is 1. The van der Waals surface area contributed by atoms with Crippen molar-refractivity contribution in [3.05, 3.63) is 65.9 Å². The van der Waals surface area contributed by atoms with Gasteiger partial charge in [0.2, 0.25) is 5.91 Å². The van der Waals surface area contributed by atoms with Gasteiger partial charge in [-0.1, -0.05) is 6.07 Å². The molecule has 1 aliphatic rings. The molecule has 4 aromatic rings. The van der Waals surface area contributed by atoms with Crippen LogP contribution in [0.15, 0.2) is 48.8 Å². The number of aromatic nitrogens is 4. The Labute approximate surface area is 197 Å². The van der Waals surface area contributed by atoms with E-state index in [4.69, 9.17) is 9.72 Å². The summed E-state index contributed by atoms with van der Waals surface area (Å²) in [7, 11) is 0. The number of benzene rings is 1. The number of nitrogens with one attached hydrogen (secondary N) is 1. The number of fused-ring (bicyclic) bond motifs is 3. The minimum atomic E-state index is -0.0810. The molecule has 0 spiro atoms. The standard InChI is InChI=1S/C26H26N6O2/c1-17-12-20(8-11-34-17)32-24(14-25(33)29-10-7-19-4-2-3-9-28-19)31-23-16-30-22-6-5-18(15-27)13-21(22)26(23)32/h2-6,9,13,16-17,20H,7-8,10-12,14H2,1H3,(H,29,33)/t17-,20-/m1/s1. The Bertz CT molecular complexity index is 1380. The van der Waals surface area contributed by atoms with Gasteiger partial charge in [0.25, 0.3) is 0 Å². The fourth-order valence-electron chi connectivity index (χ4n) is 4.70. The lowest BCUT2D eigenvalue weighted by molar-refractivity contribution is -0.120. The highest BCUT2D eigenvalue weighted by molar-refractivity contribution is 6.03. The molecule has 5 rings (SSSR count). The molecule has 172 valence electrons. The second kappa shape index (κ2) is 9.57. The van der Waals surface area contributed by atoms with E-state index in [1.165, 1.54) is 0 Å². The largest absolute Gasteiger partial charge is 0.378 e. The van der Waals surface area contributed by atoms with Crippen LogP contribution in [0.1, 0.15) is 42.9 Å². The summed E-state index contributed by atoms with van der Waals surface area (Å²) in [6.07, 6.45) is 6.15. The van der Waals surface area contributed by atoms with Gasteiger partial charge >= 0.3 is 0 Å². The molecular weight excluding hydrogens is 428 g/mol. The number of carbonyl (C=O) groups excluding carboxylic acids is 1. The summed E-state index contributed by atoms with van der Waals surface area (Å²) in [6, 6.07) is 13.6. The molecule has 1 aliphatic heterocycles. The highest BCUT2D eigenvalue weighted by Crippen LogP contribution is 2.34. The number of amides is 1. The zero-order valence-electron chi connectivity index (χ0n) is 19.1. The van der Waals surface area contributed by atoms with E-state index < -0.39 is 0 Å². The fraction of sp³-hybridized carbons (Fsp3) is 0.346. The van der Waals surface area contributed by atoms with E-state index in [1.54, 1.807) is 18.5 Å². The summed E-state index contributed by atoms with van der Waals surface area (Å²) in [4.78, 5) is 26.6. The molecule has 1 saturated heterocycles. The van der Waals surface area contributed by atoms with Crippen molar-refractivity contribution in [3.8, 4) is 6.07 Å². The number of ether oxygens (including phenoxy) is 1. The Kier molecular flexibility index (Phi) is 6.19. The molecule has 0 bridgehead atoms. The number of carbonyl (C=O) groups is 1. The number of imidazole rings is 1. The molecule has 1 N–H and O–H groups in total. The van der Waals surface area contributed by atoms with Crippen molar-refractivity contribution >= 4 is 27.8 Å². The first-order valence-corrected chi connectivity index (χ1v) is 11.6. The molecule has 34 heavy (non-hydrogen) atoms. The van der Waals surface area contributed by atoms with Crippen LogP contribution in [-0.4, -0.2) is 44.7 Å². The van der Waals surface area contributed by atoms with E-state index >= 15 is 0 Å². The second-order valence-electron chi connectivity index (χ2n) is 8.69. The maximum absolute atomic E-state index is 12.9. The predicted molar refractivity (Wildman–Crippen MR) is 128 cm³/mol. The Hall–Kier alpha value is -3.83. The monoisotopic (exact) mass is 454 g/mol. The van der Waals surface area contributed by atoms with Crippen molar-refractivity contribution in [2.75, 3.05) is 13.2 Å². The lowest BCUT2D eigenvalue weighted by Gasteiger charge is -2.30. The topological polar surface area (TPSA) is 106 Å². The van der Waals surface area contributed by atoms with Crippen molar-refractivity contribution < 1.29 is 9.53 Å². The minimum Gasteiger partial charge on any atom is -0.378 e. The van der Waals surface area contributed by atoms with E-state index in [0.29, 0.717) is 31.0 Å². The molecule has 3 aromatic heterocycles. The van der Waals surface area contributed by atoms with Crippen LogP contribution in [0.25, 0.3) is 21.9 Å². The molecule has 1 aromatic carbocycles. The molecule has 0 aliphatic carbocycles. The highest BCUT2D eigenvalue weighted by Gasteiger charge is 2.27. The van der Waals surface area contributed by atoms with Gasteiger partial charge in [0, 0.05) is 42.9 Å². The Balaban J connectivity index is 1.49. The van der Waals surface area contributed by atoms with Crippen LogP contribution in [0.2, 0.25) is 0 Å². The highest BCUT2D eigenvalue weighted by atomic mass is 16.5. The van der Waals surface area contributed by atoms with Crippen LogP contribution in [-0.2, 0) is 22.4 Å². The Morgan fingerprint density at radius 3 is 2.97 bits per heavy atom. The van der Waals surface area contributed by atoms with Crippen LogP contribution in [0, 0.1) is 11.3 Å².